The van der Waals surface area contributed by atoms with E-state index in [4.69, 9.17) is 0 Å². The summed E-state index contributed by atoms with van der Waals surface area (Å²) in [7, 11) is 0. The molecule has 0 radical (unpaired) electrons. The highest BCUT2D eigenvalue weighted by atomic mass is 16.2. The number of carbonyl (C=O) groups is 1. The minimum absolute atomic E-state index is 0.180. The van der Waals surface area contributed by atoms with Gasteiger partial charge in [0.1, 0.15) is 5.82 Å². The lowest BCUT2D eigenvalue weighted by atomic mass is 10.2. The lowest BCUT2D eigenvalue weighted by Gasteiger charge is -2.20. The third-order valence-corrected chi connectivity index (χ3v) is 4.23. The standard InChI is InChI=1S/C19H22N4O/c1-2-22(14-10-16-8-11-20-12-9-16)19(24)7-6-18-21-15-17-5-3-4-13-23(17)18/h3-5,8-9,11-13,15H,2,6-7,10,14H2,1H3. The van der Waals surface area contributed by atoms with Crippen LogP contribution in [0.15, 0.2) is 55.1 Å². The lowest BCUT2D eigenvalue weighted by molar-refractivity contribution is -0.131. The Morgan fingerprint density at radius 2 is 2.00 bits per heavy atom. The molecule has 3 aromatic rings. The van der Waals surface area contributed by atoms with E-state index >= 15 is 0 Å². The number of fused-ring (bicyclic) bond motifs is 1. The highest BCUT2D eigenvalue weighted by Crippen LogP contribution is 2.09. The van der Waals surface area contributed by atoms with Gasteiger partial charge in [0.05, 0.1) is 11.7 Å². The molecule has 3 aromatic heterocycles. The molecule has 0 aliphatic rings. The molecular weight excluding hydrogens is 300 g/mol. The van der Waals surface area contributed by atoms with Gasteiger partial charge in [-0.25, -0.2) is 4.98 Å². The molecule has 5 heteroatoms. The summed E-state index contributed by atoms with van der Waals surface area (Å²) in [6.07, 6.45) is 9.41. The molecule has 0 spiro atoms. The topological polar surface area (TPSA) is 50.5 Å². The quantitative estimate of drug-likeness (QED) is 0.672. The SMILES string of the molecule is CCN(CCc1ccncc1)C(=O)CCc1ncc2ccccn12. The zero-order chi connectivity index (χ0) is 16.8. The molecule has 124 valence electrons. The van der Waals surface area contributed by atoms with Gasteiger partial charge in [-0.15, -0.1) is 0 Å². The van der Waals surface area contributed by atoms with Crippen LogP contribution in [0.25, 0.3) is 5.52 Å². The first-order valence-electron chi connectivity index (χ1n) is 8.35. The van der Waals surface area contributed by atoms with Gasteiger partial charge in [-0.05, 0) is 43.2 Å². The maximum absolute atomic E-state index is 12.5. The fourth-order valence-corrected chi connectivity index (χ4v) is 2.83. The third kappa shape index (κ3) is 3.79. The highest BCUT2D eigenvalue weighted by molar-refractivity contribution is 5.76. The van der Waals surface area contributed by atoms with Crippen molar-refractivity contribution in [3.05, 3.63) is 66.5 Å². The molecule has 0 bridgehead atoms. The second-order valence-electron chi connectivity index (χ2n) is 5.75. The monoisotopic (exact) mass is 322 g/mol. The van der Waals surface area contributed by atoms with Crippen molar-refractivity contribution in [1.29, 1.82) is 0 Å². The van der Waals surface area contributed by atoms with Crippen LogP contribution >= 0.6 is 0 Å². The maximum Gasteiger partial charge on any atom is 0.223 e. The van der Waals surface area contributed by atoms with E-state index in [1.54, 1.807) is 12.4 Å². The summed E-state index contributed by atoms with van der Waals surface area (Å²) in [6, 6.07) is 9.98. The molecule has 0 saturated carbocycles. The van der Waals surface area contributed by atoms with Crippen LogP contribution in [0.4, 0.5) is 0 Å². The number of nitrogens with zero attached hydrogens (tertiary/aromatic N) is 4. The summed E-state index contributed by atoms with van der Waals surface area (Å²) in [5.41, 5.74) is 2.26. The Morgan fingerprint density at radius 3 is 2.79 bits per heavy atom. The summed E-state index contributed by atoms with van der Waals surface area (Å²) in [6.45, 7) is 3.49. The zero-order valence-electron chi connectivity index (χ0n) is 13.9. The fraction of sp³-hybridized carbons (Fsp3) is 0.316. The number of likely N-dealkylation sites (N-methyl/N-ethyl adjacent to an activating group) is 1. The molecule has 0 aromatic carbocycles. The van der Waals surface area contributed by atoms with Gasteiger partial charge in [0, 0.05) is 44.5 Å². The second kappa shape index (κ2) is 7.73. The molecule has 0 aliphatic heterocycles. The summed E-state index contributed by atoms with van der Waals surface area (Å²) in [5.74, 6) is 1.11. The minimum atomic E-state index is 0.180. The summed E-state index contributed by atoms with van der Waals surface area (Å²) >= 11 is 0. The van der Waals surface area contributed by atoms with Crippen LogP contribution in [0.3, 0.4) is 0 Å². The van der Waals surface area contributed by atoms with Gasteiger partial charge in [-0.2, -0.15) is 0 Å². The van der Waals surface area contributed by atoms with Gasteiger partial charge in [-0.1, -0.05) is 6.07 Å². The number of aromatic nitrogens is 3. The number of hydrogen-bond acceptors (Lipinski definition) is 3. The molecule has 0 N–H and O–H groups in total. The number of carbonyl (C=O) groups excluding carboxylic acids is 1. The molecule has 0 aliphatic carbocycles. The predicted octanol–water partition coefficient (Wildman–Crippen LogP) is 2.75. The predicted molar refractivity (Wildman–Crippen MR) is 93.7 cm³/mol. The van der Waals surface area contributed by atoms with Crippen LogP contribution in [0.1, 0.15) is 24.7 Å². The molecule has 3 rings (SSSR count). The number of amides is 1. The Balaban J connectivity index is 1.56. The number of pyridine rings is 2. The normalized spacial score (nSPS) is 10.9. The molecule has 0 unspecified atom stereocenters. The van der Waals surface area contributed by atoms with Crippen LogP contribution in [-0.4, -0.2) is 38.3 Å². The van der Waals surface area contributed by atoms with Gasteiger partial charge in [0.2, 0.25) is 5.91 Å². The van der Waals surface area contributed by atoms with Gasteiger partial charge >= 0.3 is 0 Å². The Labute approximate surface area is 142 Å². The number of rotatable bonds is 7. The van der Waals surface area contributed by atoms with Crippen LogP contribution in [-0.2, 0) is 17.6 Å². The first-order valence-corrected chi connectivity index (χ1v) is 8.35. The molecule has 24 heavy (non-hydrogen) atoms. The summed E-state index contributed by atoms with van der Waals surface area (Å²) in [5, 5.41) is 0. The van der Waals surface area contributed by atoms with Gasteiger partial charge < -0.3 is 9.30 Å². The molecule has 1 amide bonds. The Kier molecular flexibility index (Phi) is 5.21. The van der Waals surface area contributed by atoms with Crippen molar-refractivity contribution in [3.8, 4) is 0 Å². The van der Waals surface area contributed by atoms with E-state index < -0.39 is 0 Å². The Hall–Kier alpha value is -2.69. The largest absolute Gasteiger partial charge is 0.343 e. The third-order valence-electron chi connectivity index (χ3n) is 4.23. The maximum atomic E-state index is 12.5. The molecule has 0 atom stereocenters. The number of hydrogen-bond donors (Lipinski definition) is 0. The van der Waals surface area contributed by atoms with E-state index in [2.05, 4.69) is 9.97 Å². The van der Waals surface area contributed by atoms with Crippen molar-refractivity contribution in [2.24, 2.45) is 0 Å². The van der Waals surface area contributed by atoms with Crippen molar-refractivity contribution < 1.29 is 4.79 Å². The van der Waals surface area contributed by atoms with E-state index in [1.165, 1.54) is 5.56 Å². The number of aryl methyl sites for hydroxylation is 1. The van der Waals surface area contributed by atoms with E-state index in [0.29, 0.717) is 12.8 Å². The second-order valence-corrected chi connectivity index (χ2v) is 5.75. The first-order chi connectivity index (χ1) is 11.8. The minimum Gasteiger partial charge on any atom is -0.343 e. The smallest absolute Gasteiger partial charge is 0.223 e. The lowest BCUT2D eigenvalue weighted by Crippen LogP contribution is -2.33. The molecule has 0 saturated heterocycles. The average Bonchev–Trinajstić information content (AvgIpc) is 3.04. The van der Waals surface area contributed by atoms with E-state index in [0.717, 1.165) is 30.9 Å². The van der Waals surface area contributed by atoms with Crippen LogP contribution in [0.5, 0.6) is 0 Å². The molecule has 0 fully saturated rings. The Bertz CT molecular complexity index is 797. The fourth-order valence-electron chi connectivity index (χ4n) is 2.83. The van der Waals surface area contributed by atoms with E-state index in [-0.39, 0.29) is 5.91 Å². The summed E-state index contributed by atoms with van der Waals surface area (Å²) < 4.78 is 2.04. The highest BCUT2D eigenvalue weighted by Gasteiger charge is 2.13. The van der Waals surface area contributed by atoms with Crippen molar-refractivity contribution in [1.82, 2.24) is 19.3 Å². The molecule has 3 heterocycles. The van der Waals surface area contributed by atoms with E-state index in [1.807, 2.05) is 58.9 Å². The van der Waals surface area contributed by atoms with Crippen LogP contribution in [0.2, 0.25) is 0 Å². The molecular formula is C19H22N4O. The van der Waals surface area contributed by atoms with E-state index in [9.17, 15) is 4.79 Å². The first kappa shape index (κ1) is 16.2. The van der Waals surface area contributed by atoms with Gasteiger partial charge in [0.15, 0.2) is 0 Å². The molecule has 5 nitrogen and oxygen atoms in total. The average molecular weight is 322 g/mol. The zero-order valence-corrected chi connectivity index (χ0v) is 13.9. The number of imidazole rings is 1. The van der Waals surface area contributed by atoms with Crippen molar-refractivity contribution in [3.63, 3.8) is 0 Å². The van der Waals surface area contributed by atoms with Crippen molar-refractivity contribution >= 4 is 11.4 Å². The Morgan fingerprint density at radius 1 is 1.17 bits per heavy atom. The van der Waals surface area contributed by atoms with Crippen molar-refractivity contribution in [2.45, 2.75) is 26.2 Å². The van der Waals surface area contributed by atoms with Gasteiger partial charge in [-0.3, -0.25) is 9.78 Å². The summed E-state index contributed by atoms with van der Waals surface area (Å²) in [4.78, 5) is 22.9. The van der Waals surface area contributed by atoms with Crippen LogP contribution in [0, 0.1) is 0 Å². The van der Waals surface area contributed by atoms with Crippen LogP contribution < -0.4 is 0 Å². The van der Waals surface area contributed by atoms with Crippen molar-refractivity contribution in [2.75, 3.05) is 13.1 Å². The van der Waals surface area contributed by atoms with Gasteiger partial charge in [0.25, 0.3) is 0 Å².